The van der Waals surface area contributed by atoms with Gasteiger partial charge in [-0.25, -0.2) is 0 Å². The van der Waals surface area contributed by atoms with Gasteiger partial charge in [0.2, 0.25) is 0 Å². The molecule has 11 nitrogen and oxygen atoms in total. The third kappa shape index (κ3) is 4.71. The first kappa shape index (κ1) is 20.6. The van der Waals surface area contributed by atoms with Gasteiger partial charge in [-0.3, -0.25) is 9.11 Å². The monoisotopic (exact) mass is 417 g/mol. The van der Waals surface area contributed by atoms with Gasteiger partial charge in [0.1, 0.15) is 27.8 Å². The van der Waals surface area contributed by atoms with Crippen molar-refractivity contribution in [1.29, 1.82) is 0 Å². The summed E-state index contributed by atoms with van der Waals surface area (Å²) in [5, 5.41) is 7.47. The van der Waals surface area contributed by atoms with Crippen molar-refractivity contribution >= 4 is 37.3 Å². The number of anilines is 1. The first-order valence-electron chi connectivity index (χ1n) is 6.99. The van der Waals surface area contributed by atoms with E-state index in [4.69, 9.17) is 19.8 Å². The number of benzene rings is 2. The molecular formula is C14H15N3O8S2. The van der Waals surface area contributed by atoms with Crippen molar-refractivity contribution in [2.75, 3.05) is 20.0 Å². The number of nitrogens with zero attached hydrogens (tertiary/aromatic N) is 2. The summed E-state index contributed by atoms with van der Waals surface area (Å²) in [6, 6.07) is 5.06. The molecule has 0 amide bonds. The van der Waals surface area contributed by atoms with Gasteiger partial charge >= 0.3 is 0 Å². The number of ether oxygens (including phenoxy) is 2. The van der Waals surface area contributed by atoms with Crippen LogP contribution in [0.25, 0.3) is 0 Å². The van der Waals surface area contributed by atoms with E-state index in [1.807, 2.05) is 0 Å². The minimum atomic E-state index is -4.74. The van der Waals surface area contributed by atoms with E-state index in [1.54, 1.807) is 0 Å². The first-order chi connectivity index (χ1) is 12.5. The quantitative estimate of drug-likeness (QED) is 0.361. The van der Waals surface area contributed by atoms with Crippen LogP contribution in [0.2, 0.25) is 0 Å². The molecule has 0 atom stereocenters. The fourth-order valence-electron chi connectivity index (χ4n) is 2.05. The smallest absolute Gasteiger partial charge is 0.296 e. The van der Waals surface area contributed by atoms with E-state index < -0.39 is 35.7 Å². The summed E-state index contributed by atoms with van der Waals surface area (Å²) in [6.45, 7) is 0. The Morgan fingerprint density at radius 1 is 0.852 bits per heavy atom. The van der Waals surface area contributed by atoms with E-state index in [0.29, 0.717) is 0 Å². The summed E-state index contributed by atoms with van der Waals surface area (Å²) in [6.07, 6.45) is 0. The minimum Gasteiger partial charge on any atom is -0.495 e. The molecule has 0 heterocycles. The summed E-state index contributed by atoms with van der Waals surface area (Å²) in [5.41, 5.74) is 5.56. The van der Waals surface area contributed by atoms with Crippen LogP contribution in [0.4, 0.5) is 17.1 Å². The molecule has 0 unspecified atom stereocenters. The maximum absolute atomic E-state index is 11.5. The largest absolute Gasteiger partial charge is 0.495 e. The van der Waals surface area contributed by atoms with Crippen LogP contribution in [0.5, 0.6) is 11.5 Å². The van der Waals surface area contributed by atoms with Crippen molar-refractivity contribution in [3.05, 3.63) is 30.3 Å². The lowest BCUT2D eigenvalue weighted by atomic mass is 10.2. The first-order valence-corrected chi connectivity index (χ1v) is 9.87. The highest BCUT2D eigenvalue weighted by molar-refractivity contribution is 7.86. The Morgan fingerprint density at radius 2 is 1.44 bits per heavy atom. The number of hydrogen-bond acceptors (Lipinski definition) is 9. The van der Waals surface area contributed by atoms with Crippen LogP contribution < -0.4 is 15.2 Å². The van der Waals surface area contributed by atoms with Gasteiger partial charge in [-0.05, 0) is 18.2 Å². The molecule has 0 radical (unpaired) electrons. The summed E-state index contributed by atoms with van der Waals surface area (Å²) < 4.78 is 74.0. The molecule has 0 aliphatic rings. The van der Waals surface area contributed by atoms with E-state index in [0.717, 1.165) is 18.2 Å². The zero-order valence-corrected chi connectivity index (χ0v) is 15.7. The Balaban J connectivity index is 2.65. The molecule has 0 saturated heterocycles. The van der Waals surface area contributed by atoms with E-state index in [9.17, 15) is 21.4 Å². The summed E-state index contributed by atoms with van der Waals surface area (Å²) in [4.78, 5) is -1.34. The van der Waals surface area contributed by atoms with Crippen molar-refractivity contribution in [3.63, 3.8) is 0 Å². The molecule has 2 rings (SSSR count). The van der Waals surface area contributed by atoms with Gasteiger partial charge < -0.3 is 15.2 Å². The topological polar surface area (TPSA) is 178 Å². The van der Waals surface area contributed by atoms with Gasteiger partial charge in [-0.2, -0.15) is 16.8 Å². The van der Waals surface area contributed by atoms with Gasteiger partial charge in [0.15, 0.2) is 0 Å². The maximum atomic E-state index is 11.5. The number of azo groups is 1. The van der Waals surface area contributed by atoms with Gasteiger partial charge in [-0.1, -0.05) is 0 Å². The third-order valence-electron chi connectivity index (χ3n) is 3.30. The normalized spacial score (nSPS) is 12.3. The molecule has 0 aliphatic carbocycles. The van der Waals surface area contributed by atoms with E-state index in [1.165, 1.54) is 26.4 Å². The van der Waals surface area contributed by atoms with Gasteiger partial charge in [0.05, 0.1) is 24.8 Å². The van der Waals surface area contributed by atoms with Crippen LogP contribution >= 0.6 is 0 Å². The Morgan fingerprint density at radius 3 is 1.96 bits per heavy atom. The van der Waals surface area contributed by atoms with Crippen LogP contribution in [-0.2, 0) is 20.2 Å². The van der Waals surface area contributed by atoms with Gasteiger partial charge in [-0.15, -0.1) is 10.2 Å². The second-order valence-electron chi connectivity index (χ2n) is 5.05. The Bertz CT molecular complexity index is 1110. The highest BCUT2D eigenvalue weighted by Crippen LogP contribution is 2.38. The second-order valence-corrected chi connectivity index (χ2v) is 7.86. The van der Waals surface area contributed by atoms with Crippen molar-refractivity contribution in [2.45, 2.75) is 9.79 Å². The lowest BCUT2D eigenvalue weighted by Gasteiger charge is -2.09. The van der Waals surface area contributed by atoms with Crippen LogP contribution in [0.3, 0.4) is 0 Å². The Hall–Kier alpha value is -2.74. The molecule has 2 aromatic rings. The fourth-order valence-corrected chi connectivity index (χ4v) is 3.15. The summed E-state index contributed by atoms with van der Waals surface area (Å²) >= 11 is 0. The summed E-state index contributed by atoms with van der Waals surface area (Å²) in [7, 11) is -6.68. The van der Waals surface area contributed by atoms with E-state index in [-0.39, 0.29) is 22.9 Å². The molecule has 27 heavy (non-hydrogen) atoms. The molecule has 146 valence electrons. The molecule has 0 aliphatic heterocycles. The molecule has 4 N–H and O–H groups in total. The number of nitrogens with two attached hydrogens (primary N) is 1. The second kappa shape index (κ2) is 7.48. The molecule has 0 spiro atoms. The molecule has 13 heteroatoms. The molecule has 0 aromatic heterocycles. The molecule has 0 saturated carbocycles. The van der Waals surface area contributed by atoms with Crippen LogP contribution in [-0.4, -0.2) is 40.2 Å². The van der Waals surface area contributed by atoms with Crippen LogP contribution in [0.1, 0.15) is 0 Å². The predicted molar refractivity (Wildman–Crippen MR) is 94.2 cm³/mol. The average molecular weight is 417 g/mol. The van der Waals surface area contributed by atoms with E-state index >= 15 is 0 Å². The van der Waals surface area contributed by atoms with Crippen LogP contribution in [0, 0.1) is 0 Å². The standard InChI is InChI=1S/C14H15N3O8S2/c1-24-12-7-10(13(25-2)6-9(12)15)16-17-11-5-8(26(18,19)20)3-4-14(11)27(21,22)23/h3-7H,15H2,1-2H3,(H,18,19,20)(H,21,22,23)/b17-16+. The molecule has 0 fully saturated rings. The van der Waals surface area contributed by atoms with Gasteiger partial charge in [0, 0.05) is 12.1 Å². The minimum absolute atomic E-state index is 0.0853. The van der Waals surface area contributed by atoms with E-state index in [2.05, 4.69) is 10.2 Å². The number of rotatable bonds is 6. The number of methoxy groups -OCH3 is 2. The van der Waals surface area contributed by atoms with Crippen molar-refractivity contribution in [3.8, 4) is 11.5 Å². The molecule has 0 bridgehead atoms. The molecular weight excluding hydrogens is 402 g/mol. The third-order valence-corrected chi connectivity index (χ3v) is 5.05. The fraction of sp³-hybridized carbons (Fsp3) is 0.143. The lowest BCUT2D eigenvalue weighted by Crippen LogP contribution is -2.02. The Labute approximate surface area is 154 Å². The maximum Gasteiger partial charge on any atom is 0.296 e. The SMILES string of the molecule is COc1cc(/N=N/c2cc(S(=O)(=O)O)ccc2S(=O)(=O)O)c(OC)cc1N. The average Bonchev–Trinajstić information content (AvgIpc) is 2.58. The lowest BCUT2D eigenvalue weighted by molar-refractivity contribution is 0.406. The van der Waals surface area contributed by atoms with Crippen molar-refractivity contribution in [2.24, 2.45) is 10.2 Å². The zero-order chi connectivity index (χ0) is 20.4. The van der Waals surface area contributed by atoms with Gasteiger partial charge in [0.25, 0.3) is 20.2 Å². The molecule has 2 aromatic carbocycles. The van der Waals surface area contributed by atoms with Crippen molar-refractivity contribution in [1.82, 2.24) is 0 Å². The Kier molecular flexibility index (Phi) is 5.70. The number of nitrogen functional groups attached to an aromatic ring is 1. The zero-order valence-electron chi connectivity index (χ0n) is 14.0. The predicted octanol–water partition coefficient (Wildman–Crippen LogP) is 2.19. The highest BCUT2D eigenvalue weighted by Gasteiger charge is 2.20. The number of hydrogen-bond donors (Lipinski definition) is 3. The van der Waals surface area contributed by atoms with Crippen LogP contribution in [0.15, 0.2) is 50.4 Å². The highest BCUT2D eigenvalue weighted by atomic mass is 32.2. The van der Waals surface area contributed by atoms with Crippen molar-refractivity contribution < 1.29 is 35.4 Å². The summed E-state index contributed by atoms with van der Waals surface area (Å²) in [5.74, 6) is 0.419.